The van der Waals surface area contributed by atoms with Crippen LogP contribution >= 0.6 is 22.9 Å². The lowest BCUT2D eigenvalue weighted by Gasteiger charge is -2.27. The van der Waals surface area contributed by atoms with Gasteiger partial charge in [-0.15, -0.1) is 11.3 Å². The Morgan fingerprint density at radius 3 is 3.00 bits per heavy atom. The van der Waals surface area contributed by atoms with E-state index in [0.717, 1.165) is 23.9 Å². The fraction of sp³-hybridized carbons (Fsp3) is 0.600. The van der Waals surface area contributed by atoms with Gasteiger partial charge in [-0.25, -0.2) is 0 Å². The Hall–Kier alpha value is -0.0900. The van der Waals surface area contributed by atoms with Gasteiger partial charge < -0.3 is 10.1 Å². The molecule has 1 fully saturated rings. The third-order valence-corrected chi connectivity index (χ3v) is 4.11. The molecule has 1 N–H and O–H groups in total. The molecule has 0 bridgehead atoms. The molecule has 0 saturated carbocycles. The van der Waals surface area contributed by atoms with Crippen LogP contribution in [0.2, 0.25) is 4.34 Å². The fourth-order valence-corrected chi connectivity index (χ4v) is 3.25. The maximum Gasteiger partial charge on any atom is 0.0931 e. The second-order valence-electron chi connectivity index (χ2n) is 3.65. The van der Waals surface area contributed by atoms with Crippen molar-refractivity contribution in [1.29, 1.82) is 0 Å². The number of methoxy groups -OCH3 is 1. The molecule has 1 aliphatic rings. The summed E-state index contributed by atoms with van der Waals surface area (Å²) in [5, 5.41) is 3.53. The lowest BCUT2D eigenvalue weighted by atomic mass is 9.97. The summed E-state index contributed by atoms with van der Waals surface area (Å²) >= 11 is 7.60. The Morgan fingerprint density at radius 2 is 2.50 bits per heavy atom. The average Bonchev–Trinajstić information content (AvgIpc) is 2.75. The minimum atomic E-state index is 0.0204. The van der Waals surface area contributed by atoms with Crippen molar-refractivity contribution >= 4 is 22.9 Å². The van der Waals surface area contributed by atoms with E-state index in [-0.39, 0.29) is 5.54 Å². The maximum atomic E-state index is 5.95. The fourth-order valence-electron chi connectivity index (χ4n) is 2.03. The van der Waals surface area contributed by atoms with Gasteiger partial charge in [-0.3, -0.25) is 0 Å². The monoisotopic (exact) mass is 231 g/mol. The van der Waals surface area contributed by atoms with E-state index in [0.29, 0.717) is 0 Å². The van der Waals surface area contributed by atoms with Crippen molar-refractivity contribution in [3.8, 4) is 0 Å². The molecule has 1 atom stereocenters. The standard InChI is InChI=1S/C10H14ClNOS/c1-13-7-10(5-2-6-12-10)8-3-4-9(11)14-8/h3-4,12H,2,5-7H2,1H3. The van der Waals surface area contributed by atoms with Gasteiger partial charge in [0.15, 0.2) is 0 Å². The van der Waals surface area contributed by atoms with E-state index >= 15 is 0 Å². The zero-order valence-corrected chi connectivity index (χ0v) is 9.75. The zero-order valence-electron chi connectivity index (χ0n) is 8.18. The topological polar surface area (TPSA) is 21.3 Å². The summed E-state index contributed by atoms with van der Waals surface area (Å²) in [7, 11) is 1.75. The van der Waals surface area contributed by atoms with Crippen molar-refractivity contribution in [2.75, 3.05) is 20.3 Å². The Kier molecular flexibility index (Phi) is 3.12. The Balaban J connectivity index is 2.26. The summed E-state index contributed by atoms with van der Waals surface area (Å²) in [6.45, 7) is 1.79. The predicted molar refractivity (Wildman–Crippen MR) is 60.1 cm³/mol. The smallest absolute Gasteiger partial charge is 0.0931 e. The minimum absolute atomic E-state index is 0.0204. The lowest BCUT2D eigenvalue weighted by Crippen LogP contribution is -2.40. The third kappa shape index (κ3) is 1.82. The molecule has 0 aliphatic carbocycles. The van der Waals surface area contributed by atoms with Crippen molar-refractivity contribution in [2.45, 2.75) is 18.4 Å². The first-order chi connectivity index (χ1) is 6.77. The molecule has 14 heavy (non-hydrogen) atoms. The van der Waals surface area contributed by atoms with Gasteiger partial charge in [0, 0.05) is 12.0 Å². The summed E-state index contributed by atoms with van der Waals surface area (Å²) in [6, 6.07) is 4.06. The van der Waals surface area contributed by atoms with Gasteiger partial charge in [0.2, 0.25) is 0 Å². The number of hydrogen-bond acceptors (Lipinski definition) is 3. The Bertz CT molecular complexity index is 307. The van der Waals surface area contributed by atoms with Crippen LogP contribution in [0, 0.1) is 0 Å². The number of halogens is 1. The first-order valence-electron chi connectivity index (χ1n) is 4.77. The summed E-state index contributed by atoms with van der Waals surface area (Å²) < 4.78 is 6.14. The van der Waals surface area contributed by atoms with E-state index in [4.69, 9.17) is 16.3 Å². The normalized spacial score (nSPS) is 27.0. The average molecular weight is 232 g/mol. The summed E-state index contributed by atoms with van der Waals surface area (Å²) in [5.41, 5.74) is 0.0204. The molecule has 1 unspecified atom stereocenters. The highest BCUT2D eigenvalue weighted by molar-refractivity contribution is 7.16. The van der Waals surface area contributed by atoms with Gasteiger partial charge in [-0.1, -0.05) is 11.6 Å². The van der Waals surface area contributed by atoms with Gasteiger partial charge in [-0.2, -0.15) is 0 Å². The lowest BCUT2D eigenvalue weighted by molar-refractivity contribution is 0.122. The molecule has 0 amide bonds. The van der Waals surface area contributed by atoms with Gasteiger partial charge in [0.25, 0.3) is 0 Å². The van der Waals surface area contributed by atoms with E-state index in [1.165, 1.54) is 11.3 Å². The molecule has 2 heterocycles. The molecule has 2 rings (SSSR count). The van der Waals surface area contributed by atoms with E-state index in [1.54, 1.807) is 18.4 Å². The van der Waals surface area contributed by atoms with Crippen molar-refractivity contribution in [1.82, 2.24) is 5.32 Å². The van der Waals surface area contributed by atoms with Crippen molar-refractivity contribution in [3.63, 3.8) is 0 Å². The Morgan fingerprint density at radius 1 is 1.64 bits per heavy atom. The minimum Gasteiger partial charge on any atom is -0.382 e. The van der Waals surface area contributed by atoms with Crippen molar-refractivity contribution < 1.29 is 4.74 Å². The summed E-state index contributed by atoms with van der Waals surface area (Å²) in [5.74, 6) is 0. The molecule has 1 aliphatic heterocycles. The molecule has 1 aromatic rings. The molecular formula is C10H14ClNOS. The second kappa shape index (κ2) is 4.19. The van der Waals surface area contributed by atoms with Crippen LogP contribution in [0.3, 0.4) is 0 Å². The van der Waals surface area contributed by atoms with Gasteiger partial charge in [-0.05, 0) is 31.5 Å². The van der Waals surface area contributed by atoms with E-state index in [9.17, 15) is 0 Å². The van der Waals surface area contributed by atoms with Crippen molar-refractivity contribution in [2.24, 2.45) is 0 Å². The maximum absolute atomic E-state index is 5.95. The highest BCUT2D eigenvalue weighted by Gasteiger charge is 2.36. The van der Waals surface area contributed by atoms with Crippen LogP contribution in [0.1, 0.15) is 17.7 Å². The van der Waals surface area contributed by atoms with Crippen molar-refractivity contribution in [3.05, 3.63) is 21.3 Å². The molecule has 0 aromatic carbocycles. The zero-order chi connectivity index (χ0) is 10.0. The highest BCUT2D eigenvalue weighted by atomic mass is 35.5. The van der Waals surface area contributed by atoms with Crippen LogP contribution < -0.4 is 5.32 Å². The molecule has 78 valence electrons. The van der Waals surface area contributed by atoms with E-state index < -0.39 is 0 Å². The summed E-state index contributed by atoms with van der Waals surface area (Å²) in [6.07, 6.45) is 2.34. The van der Waals surface area contributed by atoms with E-state index in [2.05, 4.69) is 11.4 Å². The third-order valence-electron chi connectivity index (χ3n) is 2.68. The van der Waals surface area contributed by atoms with Crippen LogP contribution in [-0.2, 0) is 10.3 Å². The number of hydrogen-bond donors (Lipinski definition) is 1. The number of thiophene rings is 1. The molecule has 0 radical (unpaired) electrons. The molecule has 1 saturated heterocycles. The number of ether oxygens (including phenoxy) is 1. The number of nitrogens with one attached hydrogen (secondary N) is 1. The predicted octanol–water partition coefficient (Wildman–Crippen LogP) is 2.63. The highest BCUT2D eigenvalue weighted by Crippen LogP contribution is 2.37. The van der Waals surface area contributed by atoms with Crippen LogP contribution in [-0.4, -0.2) is 20.3 Å². The van der Waals surface area contributed by atoms with Crippen LogP contribution in [0.5, 0.6) is 0 Å². The van der Waals surface area contributed by atoms with E-state index in [1.807, 2.05) is 6.07 Å². The molecule has 4 heteroatoms. The van der Waals surface area contributed by atoms with Crippen LogP contribution in [0.15, 0.2) is 12.1 Å². The molecule has 2 nitrogen and oxygen atoms in total. The first-order valence-corrected chi connectivity index (χ1v) is 5.96. The quantitative estimate of drug-likeness (QED) is 0.864. The molecular weight excluding hydrogens is 218 g/mol. The van der Waals surface area contributed by atoms with Gasteiger partial charge >= 0.3 is 0 Å². The second-order valence-corrected chi connectivity index (χ2v) is 5.36. The largest absolute Gasteiger partial charge is 0.382 e. The first kappa shape index (κ1) is 10.4. The van der Waals surface area contributed by atoms with Crippen LogP contribution in [0.4, 0.5) is 0 Å². The molecule has 0 spiro atoms. The summed E-state index contributed by atoms with van der Waals surface area (Å²) in [4.78, 5) is 1.29. The number of rotatable bonds is 3. The van der Waals surface area contributed by atoms with Gasteiger partial charge in [0.1, 0.15) is 0 Å². The Labute approximate surface area is 93.2 Å². The SMILES string of the molecule is COCC1(c2ccc(Cl)s2)CCCN1. The molecule has 1 aromatic heterocycles. The van der Waals surface area contributed by atoms with Gasteiger partial charge in [0.05, 0.1) is 16.5 Å². The van der Waals surface area contributed by atoms with Crippen LogP contribution in [0.25, 0.3) is 0 Å².